The van der Waals surface area contributed by atoms with Crippen LogP contribution in [0, 0.1) is 0 Å². The second kappa shape index (κ2) is 9.50. The summed E-state index contributed by atoms with van der Waals surface area (Å²) >= 11 is 0. The van der Waals surface area contributed by atoms with Crippen LogP contribution in [0.15, 0.2) is 48.5 Å². The fourth-order valence-corrected chi connectivity index (χ4v) is 3.84. The van der Waals surface area contributed by atoms with Crippen LogP contribution in [0.2, 0.25) is 0 Å². The second-order valence-corrected chi connectivity index (χ2v) is 7.41. The molecular weight excluding hydrogens is 334 g/mol. The van der Waals surface area contributed by atoms with E-state index in [0.29, 0.717) is 19.3 Å². The molecule has 2 aromatic rings. The number of amides is 1. The van der Waals surface area contributed by atoms with Gasteiger partial charge in [0.05, 0.1) is 6.04 Å². The fourth-order valence-electron chi connectivity index (χ4n) is 3.84. The van der Waals surface area contributed by atoms with Crippen LogP contribution in [0.5, 0.6) is 0 Å². The van der Waals surface area contributed by atoms with E-state index in [-0.39, 0.29) is 17.7 Å². The molecule has 3 heteroatoms. The molecule has 1 N–H and O–H groups in total. The Morgan fingerprint density at radius 3 is 2.44 bits per heavy atom. The normalized spacial score (nSPS) is 14.3. The van der Waals surface area contributed by atoms with E-state index in [9.17, 15) is 9.59 Å². The van der Waals surface area contributed by atoms with Crippen molar-refractivity contribution in [2.75, 3.05) is 0 Å². The molecule has 2 aromatic carbocycles. The lowest BCUT2D eigenvalue weighted by Gasteiger charge is -2.21. The van der Waals surface area contributed by atoms with E-state index in [1.165, 1.54) is 36.0 Å². The third-order valence-corrected chi connectivity index (χ3v) is 5.42. The molecule has 1 amide bonds. The molecule has 1 aliphatic rings. The zero-order valence-corrected chi connectivity index (χ0v) is 16.2. The van der Waals surface area contributed by atoms with Crippen molar-refractivity contribution >= 4 is 11.7 Å². The van der Waals surface area contributed by atoms with Gasteiger partial charge in [-0.25, -0.2) is 0 Å². The summed E-state index contributed by atoms with van der Waals surface area (Å²) < 4.78 is 0. The highest BCUT2D eigenvalue weighted by atomic mass is 16.1. The lowest BCUT2D eigenvalue weighted by molar-refractivity contribution is -0.121. The molecule has 1 aliphatic carbocycles. The van der Waals surface area contributed by atoms with Gasteiger partial charge in [-0.05, 0) is 55.2 Å². The van der Waals surface area contributed by atoms with E-state index < -0.39 is 0 Å². The maximum absolute atomic E-state index is 12.4. The average Bonchev–Trinajstić information content (AvgIpc) is 2.72. The molecule has 0 radical (unpaired) electrons. The Morgan fingerprint density at radius 1 is 0.963 bits per heavy atom. The van der Waals surface area contributed by atoms with Gasteiger partial charge < -0.3 is 5.32 Å². The van der Waals surface area contributed by atoms with Gasteiger partial charge in [0.25, 0.3) is 0 Å². The maximum atomic E-state index is 12.4. The third kappa shape index (κ3) is 5.29. The van der Waals surface area contributed by atoms with Gasteiger partial charge in [-0.2, -0.15) is 0 Å². The van der Waals surface area contributed by atoms with Crippen LogP contribution >= 0.6 is 0 Å². The van der Waals surface area contributed by atoms with Crippen molar-refractivity contribution in [3.05, 3.63) is 70.8 Å². The predicted molar refractivity (Wildman–Crippen MR) is 109 cm³/mol. The zero-order chi connectivity index (χ0) is 19.1. The number of carbonyl (C=O) groups is 2. The van der Waals surface area contributed by atoms with Crippen LogP contribution in [-0.4, -0.2) is 11.7 Å². The Hall–Kier alpha value is -2.42. The lowest BCUT2D eigenvalue weighted by atomic mass is 9.89. The van der Waals surface area contributed by atoms with Crippen molar-refractivity contribution in [2.24, 2.45) is 0 Å². The van der Waals surface area contributed by atoms with Gasteiger partial charge in [-0.3, -0.25) is 9.59 Å². The number of hydrogen-bond donors (Lipinski definition) is 1. The number of nitrogens with one attached hydrogen (secondary N) is 1. The van der Waals surface area contributed by atoms with Crippen molar-refractivity contribution in [1.82, 2.24) is 5.32 Å². The molecule has 27 heavy (non-hydrogen) atoms. The lowest BCUT2D eigenvalue weighted by Crippen LogP contribution is -2.28. The highest BCUT2D eigenvalue weighted by Gasteiger charge is 2.16. The minimum atomic E-state index is 0.0282. The second-order valence-electron chi connectivity index (χ2n) is 7.41. The number of fused-ring (bicyclic) bond motifs is 1. The quantitative estimate of drug-likeness (QED) is 0.656. The highest BCUT2D eigenvalue weighted by Crippen LogP contribution is 2.26. The molecule has 3 rings (SSSR count). The summed E-state index contributed by atoms with van der Waals surface area (Å²) in [4.78, 5) is 24.5. The van der Waals surface area contributed by atoms with Crippen molar-refractivity contribution in [3.63, 3.8) is 0 Å². The highest BCUT2D eigenvalue weighted by molar-refractivity contribution is 5.96. The summed E-state index contributed by atoms with van der Waals surface area (Å²) in [6.45, 7) is 2.10. The summed E-state index contributed by atoms with van der Waals surface area (Å²) in [7, 11) is 0. The smallest absolute Gasteiger partial charge is 0.220 e. The number of aryl methyl sites for hydroxylation is 2. The summed E-state index contributed by atoms with van der Waals surface area (Å²) in [5.41, 5.74) is 4.83. The van der Waals surface area contributed by atoms with Crippen molar-refractivity contribution in [2.45, 2.75) is 64.3 Å². The fraction of sp³-hybridized carbons (Fsp3) is 0.417. The molecular formula is C24H29NO2. The summed E-state index contributed by atoms with van der Waals surface area (Å²) in [5, 5.41) is 3.15. The van der Waals surface area contributed by atoms with Crippen molar-refractivity contribution < 1.29 is 9.59 Å². The third-order valence-electron chi connectivity index (χ3n) is 5.42. The first kappa shape index (κ1) is 19.3. The number of benzene rings is 2. The van der Waals surface area contributed by atoms with Gasteiger partial charge in [-0.15, -0.1) is 0 Å². The molecule has 0 saturated heterocycles. The van der Waals surface area contributed by atoms with Crippen molar-refractivity contribution in [1.29, 1.82) is 0 Å². The molecule has 0 fully saturated rings. The Balaban J connectivity index is 1.51. The first-order valence-corrected chi connectivity index (χ1v) is 10.2. The van der Waals surface area contributed by atoms with Crippen LogP contribution in [0.3, 0.4) is 0 Å². The van der Waals surface area contributed by atoms with E-state index in [4.69, 9.17) is 0 Å². The average molecular weight is 364 g/mol. The molecule has 142 valence electrons. The molecule has 0 aliphatic heterocycles. The van der Waals surface area contributed by atoms with Gasteiger partial charge in [0.2, 0.25) is 5.91 Å². The van der Waals surface area contributed by atoms with E-state index in [0.717, 1.165) is 18.4 Å². The zero-order valence-electron chi connectivity index (χ0n) is 16.2. The van der Waals surface area contributed by atoms with Crippen LogP contribution < -0.4 is 5.32 Å². The number of carbonyl (C=O) groups excluding carboxylic acids is 2. The minimum absolute atomic E-state index is 0.0282. The molecule has 1 unspecified atom stereocenters. The first-order chi connectivity index (χ1) is 13.2. The standard InChI is InChI=1S/C24H29NO2/c1-2-22(21-16-15-18-9-6-7-12-20(18)17-21)25-24(27)14-8-13-23(26)19-10-4-3-5-11-19/h3-5,10-11,15-17,22H,2,6-9,12-14H2,1H3,(H,25,27). The van der Waals surface area contributed by atoms with E-state index >= 15 is 0 Å². The minimum Gasteiger partial charge on any atom is -0.349 e. The Labute approximate surface area is 162 Å². The molecule has 0 aromatic heterocycles. The Kier molecular flexibility index (Phi) is 6.80. The number of hydrogen-bond acceptors (Lipinski definition) is 2. The molecule has 0 saturated carbocycles. The van der Waals surface area contributed by atoms with Crippen LogP contribution in [0.1, 0.15) is 78.5 Å². The SMILES string of the molecule is CCC(NC(=O)CCCC(=O)c1ccccc1)c1ccc2c(c1)CCCC2. The van der Waals surface area contributed by atoms with Crippen LogP contribution in [0.25, 0.3) is 0 Å². The topological polar surface area (TPSA) is 46.2 Å². The molecule has 0 heterocycles. The van der Waals surface area contributed by atoms with Gasteiger partial charge in [0.15, 0.2) is 5.78 Å². The van der Waals surface area contributed by atoms with Gasteiger partial charge in [0, 0.05) is 18.4 Å². The van der Waals surface area contributed by atoms with E-state index in [1.54, 1.807) is 0 Å². The first-order valence-electron chi connectivity index (χ1n) is 10.2. The van der Waals surface area contributed by atoms with Crippen molar-refractivity contribution in [3.8, 4) is 0 Å². The molecule has 0 bridgehead atoms. The largest absolute Gasteiger partial charge is 0.349 e. The van der Waals surface area contributed by atoms with Gasteiger partial charge in [-0.1, -0.05) is 55.5 Å². The predicted octanol–water partition coefficient (Wildman–Crippen LogP) is 5.19. The monoisotopic (exact) mass is 363 g/mol. The van der Waals surface area contributed by atoms with Gasteiger partial charge >= 0.3 is 0 Å². The number of Topliss-reactive ketones (excluding diaryl/α,β-unsaturated/α-hetero) is 1. The van der Waals surface area contributed by atoms with Gasteiger partial charge in [0.1, 0.15) is 0 Å². The summed E-state index contributed by atoms with van der Waals surface area (Å²) in [5.74, 6) is 0.130. The van der Waals surface area contributed by atoms with Crippen LogP contribution in [-0.2, 0) is 17.6 Å². The molecule has 0 spiro atoms. The van der Waals surface area contributed by atoms with Crippen LogP contribution in [0.4, 0.5) is 0 Å². The summed E-state index contributed by atoms with van der Waals surface area (Å²) in [6.07, 6.45) is 7.11. The maximum Gasteiger partial charge on any atom is 0.220 e. The summed E-state index contributed by atoms with van der Waals surface area (Å²) in [6, 6.07) is 16.0. The van der Waals surface area contributed by atoms with E-state index in [1.807, 2.05) is 30.3 Å². The number of ketones is 1. The molecule has 3 nitrogen and oxygen atoms in total. The Bertz CT molecular complexity index is 782. The Morgan fingerprint density at radius 2 is 1.70 bits per heavy atom. The number of rotatable bonds is 8. The molecule has 1 atom stereocenters. The van der Waals surface area contributed by atoms with E-state index in [2.05, 4.69) is 30.4 Å².